The van der Waals surface area contributed by atoms with Gasteiger partial charge in [0.1, 0.15) is 0 Å². The normalized spacial score (nSPS) is 9.22. The van der Waals surface area contributed by atoms with Crippen molar-refractivity contribution in [2.75, 3.05) is 6.54 Å². The summed E-state index contributed by atoms with van der Waals surface area (Å²) >= 11 is 0. The van der Waals surface area contributed by atoms with Crippen LogP contribution in [-0.2, 0) is 4.79 Å². The first-order valence-electron chi connectivity index (χ1n) is 2.86. The second-order valence-corrected chi connectivity index (χ2v) is 2.13. The molecule has 0 rings (SSSR count). The third-order valence-corrected chi connectivity index (χ3v) is 0.802. The van der Waals surface area contributed by atoms with Crippen LogP contribution < -0.4 is 5.32 Å². The Kier molecular flexibility index (Phi) is 3.76. The van der Waals surface area contributed by atoms with Crippen molar-refractivity contribution in [3.63, 3.8) is 0 Å². The van der Waals surface area contributed by atoms with E-state index >= 15 is 0 Å². The van der Waals surface area contributed by atoms with E-state index in [0.29, 0.717) is 6.54 Å². The molecule has 0 aliphatic heterocycles. The van der Waals surface area contributed by atoms with Crippen LogP contribution in [0.4, 0.5) is 0 Å². The molecule has 51 valence electrons. The molecule has 0 atom stereocenters. The molecule has 0 unspecified atom stereocenters. The zero-order valence-corrected chi connectivity index (χ0v) is 5.90. The summed E-state index contributed by atoms with van der Waals surface area (Å²) in [7, 11) is 0. The number of hydrogen-bond donors (Lipinski definition) is 1. The first kappa shape index (κ1) is 8.21. The maximum atomic E-state index is 10.5. The highest BCUT2D eigenvalue weighted by atomic mass is 16.1. The van der Waals surface area contributed by atoms with Gasteiger partial charge in [0, 0.05) is 6.54 Å². The van der Waals surface area contributed by atoms with Crippen molar-refractivity contribution in [1.29, 1.82) is 0 Å². The maximum Gasteiger partial charge on any atom is 0.243 e. The third-order valence-electron chi connectivity index (χ3n) is 0.802. The van der Waals surface area contributed by atoms with Crippen LogP contribution in [0, 0.1) is 5.92 Å². The van der Waals surface area contributed by atoms with Gasteiger partial charge in [0.2, 0.25) is 5.91 Å². The van der Waals surface area contributed by atoms with Crippen LogP contribution in [0.5, 0.6) is 0 Å². The summed E-state index contributed by atoms with van der Waals surface area (Å²) in [6, 6.07) is 0. The lowest BCUT2D eigenvalue weighted by Crippen LogP contribution is -2.24. The quantitative estimate of drug-likeness (QED) is 0.559. The summed E-state index contributed by atoms with van der Waals surface area (Å²) in [5, 5.41) is 2.64. The molecule has 1 N–H and O–H groups in total. The van der Waals surface area contributed by atoms with Gasteiger partial charge >= 0.3 is 0 Å². The Balaban J connectivity index is 3.27. The molecular weight excluding hydrogens is 114 g/mol. The first-order chi connectivity index (χ1) is 4.16. The summed E-state index contributed by atoms with van der Waals surface area (Å²) in [5.74, 6) is 1.07. The van der Waals surface area contributed by atoms with Gasteiger partial charge in [-0.25, -0.2) is 0 Å². The zero-order chi connectivity index (χ0) is 7.28. The van der Waals surface area contributed by atoms with Crippen molar-refractivity contribution >= 4 is 5.91 Å². The maximum absolute atomic E-state index is 10.5. The molecule has 2 heteroatoms. The van der Waals surface area contributed by atoms with Crippen LogP contribution in [0.15, 0.2) is 12.7 Å². The summed E-state index contributed by atoms with van der Waals surface area (Å²) in [4.78, 5) is 10.5. The molecule has 0 saturated carbocycles. The zero-order valence-electron chi connectivity index (χ0n) is 5.90. The van der Waals surface area contributed by atoms with E-state index in [1.807, 2.05) is 13.8 Å². The molecule has 9 heavy (non-hydrogen) atoms. The van der Waals surface area contributed by atoms with E-state index in [2.05, 4.69) is 11.9 Å². The molecule has 1 radical (unpaired) electrons. The molecule has 0 fully saturated rings. The minimum Gasteiger partial charge on any atom is -0.352 e. The van der Waals surface area contributed by atoms with E-state index in [0.717, 1.165) is 0 Å². The number of amides is 1. The molecule has 0 aromatic carbocycles. The van der Waals surface area contributed by atoms with E-state index < -0.39 is 0 Å². The molecule has 0 aromatic heterocycles. The highest BCUT2D eigenvalue weighted by Crippen LogP contribution is 1.89. The van der Waals surface area contributed by atoms with Crippen molar-refractivity contribution in [3.05, 3.63) is 18.6 Å². The Labute approximate surface area is 56.0 Å². The van der Waals surface area contributed by atoms with Gasteiger partial charge in [0.05, 0.1) is 0 Å². The Hall–Kier alpha value is -0.790. The lowest BCUT2D eigenvalue weighted by molar-refractivity contribution is -0.116. The topological polar surface area (TPSA) is 29.1 Å². The Bertz CT molecular complexity index is 107. The molecular formula is C7H12NO. The highest BCUT2D eigenvalue weighted by Gasteiger charge is 1.94. The minimum absolute atomic E-state index is 0.115. The summed E-state index contributed by atoms with van der Waals surface area (Å²) in [6.45, 7) is 7.88. The van der Waals surface area contributed by atoms with Crippen LogP contribution in [0.1, 0.15) is 13.8 Å². The van der Waals surface area contributed by atoms with E-state index in [1.54, 1.807) is 0 Å². The summed E-state index contributed by atoms with van der Waals surface area (Å²) in [6.07, 6.45) is 1.27. The number of carbonyl (C=O) groups is 1. The number of carbonyl (C=O) groups excluding carboxylic acids is 1. The Morgan fingerprint density at radius 3 is 2.56 bits per heavy atom. The van der Waals surface area contributed by atoms with E-state index in [4.69, 9.17) is 0 Å². The molecule has 0 aliphatic rings. The van der Waals surface area contributed by atoms with Gasteiger partial charge in [-0.2, -0.15) is 0 Å². The first-order valence-corrected chi connectivity index (χ1v) is 2.86. The van der Waals surface area contributed by atoms with Gasteiger partial charge in [-0.05, 0) is 12.0 Å². The summed E-state index contributed by atoms with van der Waals surface area (Å²) in [5.41, 5.74) is 0. The Morgan fingerprint density at radius 2 is 2.22 bits per heavy atom. The van der Waals surface area contributed by atoms with Gasteiger partial charge in [-0.3, -0.25) is 4.79 Å². The number of hydrogen-bond acceptors (Lipinski definition) is 1. The highest BCUT2D eigenvalue weighted by molar-refractivity contribution is 5.86. The van der Waals surface area contributed by atoms with Crippen LogP contribution in [0.3, 0.4) is 0 Å². The van der Waals surface area contributed by atoms with Gasteiger partial charge in [0.15, 0.2) is 0 Å². The predicted molar refractivity (Wildman–Crippen MR) is 37.8 cm³/mol. The van der Waals surface area contributed by atoms with Crippen LogP contribution in [0.25, 0.3) is 0 Å². The van der Waals surface area contributed by atoms with Crippen molar-refractivity contribution in [1.82, 2.24) is 5.32 Å². The lowest BCUT2D eigenvalue weighted by Gasteiger charge is -2.02. The molecule has 1 amide bonds. The summed E-state index contributed by atoms with van der Waals surface area (Å²) < 4.78 is 0. The number of nitrogens with one attached hydrogen (secondary N) is 1. The predicted octanol–water partition coefficient (Wildman–Crippen LogP) is 0.903. The van der Waals surface area contributed by atoms with Crippen molar-refractivity contribution in [2.24, 2.45) is 0 Å². The van der Waals surface area contributed by atoms with Gasteiger partial charge < -0.3 is 5.32 Å². The molecule has 2 nitrogen and oxygen atoms in total. The van der Waals surface area contributed by atoms with Crippen molar-refractivity contribution < 1.29 is 4.79 Å². The molecule has 0 heterocycles. The van der Waals surface area contributed by atoms with E-state index in [1.165, 1.54) is 12.0 Å². The molecule has 0 saturated heterocycles. The molecule has 0 bridgehead atoms. The fourth-order valence-electron chi connectivity index (χ4n) is 0.336. The largest absolute Gasteiger partial charge is 0.352 e. The molecule has 0 aromatic rings. The lowest BCUT2D eigenvalue weighted by atomic mass is 10.2. The van der Waals surface area contributed by atoms with E-state index in [-0.39, 0.29) is 5.91 Å². The smallest absolute Gasteiger partial charge is 0.243 e. The fraction of sp³-hybridized carbons (Fsp3) is 0.429. The monoisotopic (exact) mass is 126 g/mol. The fourth-order valence-corrected chi connectivity index (χ4v) is 0.336. The minimum atomic E-state index is -0.115. The average molecular weight is 126 g/mol. The molecule has 0 spiro atoms. The Morgan fingerprint density at radius 1 is 1.67 bits per heavy atom. The second kappa shape index (κ2) is 4.13. The van der Waals surface area contributed by atoms with Crippen LogP contribution >= 0.6 is 0 Å². The van der Waals surface area contributed by atoms with Crippen molar-refractivity contribution in [2.45, 2.75) is 13.8 Å². The van der Waals surface area contributed by atoms with Gasteiger partial charge in [0.25, 0.3) is 0 Å². The second-order valence-electron chi connectivity index (χ2n) is 2.13. The standard InChI is InChI=1S/C7H12NO/c1-4-7(9)8-5-6(2)3/h4H,1,5H2,2-3H3,(H,8,9). The van der Waals surface area contributed by atoms with Crippen LogP contribution in [-0.4, -0.2) is 12.5 Å². The van der Waals surface area contributed by atoms with Gasteiger partial charge in [-0.1, -0.05) is 20.4 Å². The average Bonchev–Trinajstić information content (AvgIpc) is 1.83. The molecule has 0 aliphatic carbocycles. The number of rotatable bonds is 3. The van der Waals surface area contributed by atoms with Crippen LogP contribution in [0.2, 0.25) is 0 Å². The van der Waals surface area contributed by atoms with Gasteiger partial charge in [-0.15, -0.1) is 0 Å². The SMILES string of the molecule is C=CC(=O)NC[C](C)C. The van der Waals surface area contributed by atoms with E-state index in [9.17, 15) is 4.79 Å². The third kappa shape index (κ3) is 5.07. The van der Waals surface area contributed by atoms with Crippen molar-refractivity contribution in [3.8, 4) is 0 Å².